The summed E-state index contributed by atoms with van der Waals surface area (Å²) in [6.07, 6.45) is 2.30. The number of ether oxygens (including phenoxy) is 1. The van der Waals surface area contributed by atoms with Crippen molar-refractivity contribution in [3.05, 3.63) is 87.6 Å². The smallest absolute Gasteiger partial charge is 0.255 e. The fourth-order valence-electron chi connectivity index (χ4n) is 4.99. The largest absolute Gasteiger partial charge is 0.376 e. The molecule has 3 aliphatic heterocycles. The summed E-state index contributed by atoms with van der Waals surface area (Å²) in [5, 5.41) is 8.84. The second-order valence-corrected chi connectivity index (χ2v) is 10.5. The van der Waals surface area contributed by atoms with Crippen LogP contribution in [0.2, 0.25) is 0 Å². The number of hydrogen-bond acceptors (Lipinski definition) is 6. The van der Waals surface area contributed by atoms with E-state index in [0.29, 0.717) is 17.8 Å². The number of allylic oxidation sites excluding steroid dienone is 1. The van der Waals surface area contributed by atoms with Gasteiger partial charge in [-0.3, -0.25) is 9.59 Å². The molecule has 192 valence electrons. The van der Waals surface area contributed by atoms with E-state index in [1.807, 2.05) is 42.7 Å². The first kappa shape index (κ1) is 25.3. The zero-order valence-electron chi connectivity index (χ0n) is 21.4. The first-order valence-corrected chi connectivity index (χ1v) is 13.5. The summed E-state index contributed by atoms with van der Waals surface area (Å²) in [4.78, 5) is 33.5. The molecule has 1 saturated heterocycles. The number of amidine groups is 1. The summed E-state index contributed by atoms with van der Waals surface area (Å²) in [7, 11) is 0. The van der Waals surface area contributed by atoms with Gasteiger partial charge < -0.3 is 20.3 Å². The molecule has 0 radical (unpaired) electrons. The maximum atomic E-state index is 13.7. The van der Waals surface area contributed by atoms with Crippen LogP contribution in [-0.2, 0) is 14.3 Å². The molecular weight excluding hydrogens is 484 g/mol. The van der Waals surface area contributed by atoms with E-state index in [1.165, 1.54) is 11.8 Å². The molecule has 0 spiro atoms. The van der Waals surface area contributed by atoms with E-state index in [0.717, 1.165) is 52.7 Å². The van der Waals surface area contributed by atoms with E-state index in [1.54, 1.807) is 0 Å². The van der Waals surface area contributed by atoms with Crippen LogP contribution < -0.4 is 10.6 Å². The van der Waals surface area contributed by atoms with E-state index in [4.69, 9.17) is 9.73 Å². The average Bonchev–Trinajstić information content (AvgIpc) is 3.54. The second kappa shape index (κ2) is 10.9. The highest BCUT2D eigenvalue weighted by molar-refractivity contribution is 8.16. The number of thioether (sulfide) groups is 1. The van der Waals surface area contributed by atoms with Crippen molar-refractivity contribution < 1.29 is 14.3 Å². The van der Waals surface area contributed by atoms with Crippen LogP contribution >= 0.6 is 11.8 Å². The van der Waals surface area contributed by atoms with Crippen LogP contribution in [0.3, 0.4) is 0 Å². The number of amides is 2. The topological polar surface area (TPSA) is 83.0 Å². The number of hydrogen-bond donors (Lipinski definition) is 2. The number of para-hydroxylation sites is 1. The fraction of sp³-hybridized carbons (Fsp3) is 0.345. The number of aliphatic imine (C=N–C) groups is 1. The number of anilines is 1. The third-order valence-corrected chi connectivity index (χ3v) is 7.79. The van der Waals surface area contributed by atoms with Gasteiger partial charge in [0.2, 0.25) is 5.91 Å². The molecule has 2 atom stereocenters. The molecule has 3 aliphatic rings. The predicted octanol–water partition coefficient (Wildman–Crippen LogP) is 5.20. The summed E-state index contributed by atoms with van der Waals surface area (Å²) in [5.41, 5.74) is 6.02. The Morgan fingerprint density at radius 2 is 1.95 bits per heavy atom. The van der Waals surface area contributed by atoms with Gasteiger partial charge in [-0.25, -0.2) is 4.99 Å². The summed E-state index contributed by atoms with van der Waals surface area (Å²) in [5.74, 6) is -0.263. The van der Waals surface area contributed by atoms with Gasteiger partial charge in [-0.2, -0.15) is 0 Å². The Kier molecular flexibility index (Phi) is 7.48. The minimum Gasteiger partial charge on any atom is -0.376 e. The van der Waals surface area contributed by atoms with Gasteiger partial charge in [-0.1, -0.05) is 53.7 Å². The van der Waals surface area contributed by atoms with Gasteiger partial charge in [0.15, 0.2) is 5.17 Å². The monoisotopic (exact) mass is 516 g/mol. The Hall–Kier alpha value is -3.36. The third kappa shape index (κ3) is 5.50. The number of nitrogens with one attached hydrogen (secondary N) is 2. The highest BCUT2D eigenvalue weighted by Crippen LogP contribution is 2.45. The number of benzene rings is 2. The standard InChI is InChI=1S/C29H32N4O3S/c1-18-11-12-19(2)24(14-18)27-26(28(35)32-21-8-5-4-6-9-21)20(3)31-29-33(27)22(17-37-29)15-25(34)30-16-23-10-7-13-36-23/h4-6,8-9,11-12,14,17,23,27H,7,10,13,15-16H2,1-3H3,(H,30,34)(H,32,35)/t23-,27-/m0/s1. The maximum Gasteiger partial charge on any atom is 0.255 e. The molecule has 37 heavy (non-hydrogen) atoms. The van der Waals surface area contributed by atoms with Crippen molar-refractivity contribution in [3.63, 3.8) is 0 Å². The number of aryl methyl sites for hydroxylation is 2. The summed E-state index contributed by atoms with van der Waals surface area (Å²) in [6.45, 7) is 7.27. The number of carbonyl (C=O) groups excluding carboxylic acids is 2. The molecule has 2 N–H and O–H groups in total. The molecule has 0 saturated carbocycles. The fourth-order valence-corrected chi connectivity index (χ4v) is 5.95. The summed E-state index contributed by atoms with van der Waals surface area (Å²) >= 11 is 1.49. The molecule has 7 nitrogen and oxygen atoms in total. The molecule has 0 bridgehead atoms. The van der Waals surface area contributed by atoms with Gasteiger partial charge in [-0.05, 0) is 62.3 Å². The lowest BCUT2D eigenvalue weighted by molar-refractivity contribution is -0.121. The van der Waals surface area contributed by atoms with Crippen molar-refractivity contribution in [3.8, 4) is 0 Å². The molecule has 2 aromatic rings. The van der Waals surface area contributed by atoms with Crippen molar-refractivity contribution in [1.29, 1.82) is 0 Å². The zero-order chi connectivity index (χ0) is 25.9. The van der Waals surface area contributed by atoms with Crippen LogP contribution in [0, 0.1) is 13.8 Å². The maximum absolute atomic E-state index is 13.7. The van der Waals surface area contributed by atoms with Crippen LogP contribution in [-0.4, -0.2) is 41.1 Å². The van der Waals surface area contributed by atoms with Crippen LogP contribution in [0.25, 0.3) is 0 Å². The number of rotatable bonds is 7. The first-order chi connectivity index (χ1) is 17.9. The molecule has 0 unspecified atom stereocenters. The van der Waals surface area contributed by atoms with Crippen molar-refractivity contribution in [1.82, 2.24) is 10.2 Å². The average molecular weight is 517 g/mol. The molecule has 0 aliphatic carbocycles. The quantitative estimate of drug-likeness (QED) is 0.528. The molecule has 0 aromatic heterocycles. The Labute approximate surface area is 222 Å². The number of carbonyl (C=O) groups is 2. The predicted molar refractivity (Wildman–Crippen MR) is 148 cm³/mol. The summed E-state index contributed by atoms with van der Waals surface area (Å²) < 4.78 is 5.65. The van der Waals surface area contributed by atoms with Crippen molar-refractivity contribution in [2.75, 3.05) is 18.5 Å². The molecular formula is C29H32N4O3S. The zero-order valence-corrected chi connectivity index (χ0v) is 22.2. The van der Waals surface area contributed by atoms with Gasteiger partial charge in [-0.15, -0.1) is 0 Å². The lowest BCUT2D eigenvalue weighted by Crippen LogP contribution is -2.39. The molecule has 5 rings (SSSR count). The molecule has 1 fully saturated rings. The lowest BCUT2D eigenvalue weighted by atomic mass is 9.89. The van der Waals surface area contributed by atoms with Crippen LogP contribution in [0.5, 0.6) is 0 Å². The van der Waals surface area contributed by atoms with E-state index < -0.39 is 6.04 Å². The third-order valence-electron chi connectivity index (χ3n) is 6.90. The second-order valence-electron chi connectivity index (χ2n) is 9.69. The molecule has 2 aromatic carbocycles. The lowest BCUT2D eigenvalue weighted by Gasteiger charge is -2.37. The van der Waals surface area contributed by atoms with Gasteiger partial charge in [0, 0.05) is 24.5 Å². The van der Waals surface area contributed by atoms with Crippen LogP contribution in [0.1, 0.15) is 48.9 Å². The first-order valence-electron chi connectivity index (χ1n) is 12.7. The van der Waals surface area contributed by atoms with Gasteiger partial charge in [0.1, 0.15) is 0 Å². The molecule has 3 heterocycles. The van der Waals surface area contributed by atoms with Crippen molar-refractivity contribution in [2.24, 2.45) is 4.99 Å². The van der Waals surface area contributed by atoms with Gasteiger partial charge in [0.05, 0.1) is 29.8 Å². The van der Waals surface area contributed by atoms with E-state index in [2.05, 4.69) is 47.6 Å². The Bertz CT molecular complexity index is 1300. The number of nitrogens with zero attached hydrogens (tertiary/aromatic N) is 2. The molecule has 8 heteroatoms. The SMILES string of the molecule is CC1=C(C(=O)Nc2ccccc2)[C@H](c2cc(C)ccc2C)N2C(CC(=O)NC[C@@H]3CCCO3)=CSC2=N1. The van der Waals surface area contributed by atoms with Crippen LogP contribution in [0.4, 0.5) is 5.69 Å². The highest BCUT2D eigenvalue weighted by atomic mass is 32.2. The molecule has 2 amide bonds. The Morgan fingerprint density at radius 3 is 2.70 bits per heavy atom. The minimum atomic E-state index is -0.400. The highest BCUT2D eigenvalue weighted by Gasteiger charge is 2.41. The van der Waals surface area contributed by atoms with Crippen molar-refractivity contribution in [2.45, 2.75) is 52.2 Å². The minimum absolute atomic E-state index is 0.0649. The van der Waals surface area contributed by atoms with Gasteiger partial charge in [0.25, 0.3) is 5.91 Å². The Morgan fingerprint density at radius 1 is 1.14 bits per heavy atom. The summed E-state index contributed by atoms with van der Waals surface area (Å²) in [6, 6.07) is 15.3. The Balaban J connectivity index is 1.46. The van der Waals surface area contributed by atoms with Crippen LogP contribution in [0.15, 0.2) is 75.9 Å². The van der Waals surface area contributed by atoms with E-state index in [-0.39, 0.29) is 24.3 Å². The van der Waals surface area contributed by atoms with E-state index >= 15 is 0 Å². The number of fused-ring (bicyclic) bond motifs is 1. The normalized spacial score (nSPS) is 20.9. The van der Waals surface area contributed by atoms with Gasteiger partial charge >= 0.3 is 0 Å². The van der Waals surface area contributed by atoms with Crippen molar-refractivity contribution >= 4 is 34.4 Å². The van der Waals surface area contributed by atoms with E-state index in [9.17, 15) is 9.59 Å².